The fourth-order valence-corrected chi connectivity index (χ4v) is 4.52. The number of nitrogens with zero attached hydrogens (tertiary/aromatic N) is 3. The quantitative estimate of drug-likeness (QED) is 0.189. The van der Waals surface area contributed by atoms with Crippen molar-refractivity contribution in [3.63, 3.8) is 0 Å². The minimum Gasteiger partial charge on any atom is -0.478 e. The first-order valence-electron chi connectivity index (χ1n) is 7.91. The molecular weight excluding hydrogens is 406 g/mol. The number of carbonyl (C=O) groups excluding carboxylic acids is 2. The van der Waals surface area contributed by atoms with Crippen LogP contribution in [-0.4, -0.2) is 61.8 Å². The predicted octanol–water partition coefficient (Wildman–Crippen LogP) is -0.164. The monoisotopic (exact) mass is 421 g/mol. The normalized spacial score (nSPS) is 23.8. The summed E-state index contributed by atoms with van der Waals surface area (Å²) in [4.78, 5) is 46.5. The van der Waals surface area contributed by atoms with Gasteiger partial charge < -0.3 is 25.9 Å². The number of aliphatic carboxylic acids is 1. The molecule has 2 aliphatic heterocycles. The van der Waals surface area contributed by atoms with E-state index < -0.39 is 29.2 Å². The van der Waals surface area contributed by atoms with Gasteiger partial charge in [0.2, 0.25) is 0 Å². The molecule has 0 saturated carbocycles. The zero-order chi connectivity index (χ0) is 20.4. The standard InChI is InChI=1S/C16H15N5O5S2/c1-3-4-26-20-10(9-6-27-16(17)18-9)12(22)19-11-13(23)21-5-8(15(24)25)7(2)28-14(11)21/h1,5-7,11,14H,4H2,2H3,(H2,17,18)(H,19,22)(H,24,25)/t7?,11?,14-/m1/s1. The van der Waals surface area contributed by atoms with Crippen molar-refractivity contribution in [2.45, 2.75) is 23.6 Å². The molecule has 3 atom stereocenters. The lowest BCUT2D eigenvalue weighted by molar-refractivity contribution is -0.144. The number of nitrogens with one attached hydrogen (secondary N) is 1. The first kappa shape index (κ1) is 19.7. The summed E-state index contributed by atoms with van der Waals surface area (Å²) in [5, 5.41) is 16.5. The van der Waals surface area contributed by atoms with Gasteiger partial charge in [-0.1, -0.05) is 11.1 Å². The topological polar surface area (TPSA) is 147 Å². The number of carboxylic acids is 1. The van der Waals surface area contributed by atoms with Gasteiger partial charge in [0, 0.05) is 16.8 Å². The number of oxime groups is 1. The molecule has 0 aromatic carbocycles. The maximum Gasteiger partial charge on any atom is 0.334 e. The van der Waals surface area contributed by atoms with E-state index in [1.54, 1.807) is 6.92 Å². The van der Waals surface area contributed by atoms with Crippen LogP contribution in [0, 0.1) is 12.3 Å². The van der Waals surface area contributed by atoms with Gasteiger partial charge in [0.25, 0.3) is 11.8 Å². The largest absolute Gasteiger partial charge is 0.478 e. The number of amides is 2. The van der Waals surface area contributed by atoms with E-state index >= 15 is 0 Å². The maximum absolute atomic E-state index is 12.7. The zero-order valence-electron chi connectivity index (χ0n) is 14.5. The van der Waals surface area contributed by atoms with Crippen molar-refractivity contribution in [1.29, 1.82) is 0 Å². The Bertz CT molecular complexity index is 934. The van der Waals surface area contributed by atoms with Gasteiger partial charge in [-0.2, -0.15) is 0 Å². The molecule has 2 amide bonds. The van der Waals surface area contributed by atoms with Gasteiger partial charge in [0.1, 0.15) is 17.1 Å². The third kappa shape index (κ3) is 3.67. The number of hydrogen-bond donors (Lipinski definition) is 3. The van der Waals surface area contributed by atoms with E-state index in [0.717, 1.165) is 11.3 Å². The Morgan fingerprint density at radius 3 is 2.93 bits per heavy atom. The summed E-state index contributed by atoms with van der Waals surface area (Å²) in [7, 11) is 0. The lowest BCUT2D eigenvalue weighted by atomic mass is 10.1. The summed E-state index contributed by atoms with van der Waals surface area (Å²) in [6.07, 6.45) is 6.41. The van der Waals surface area contributed by atoms with Crippen LogP contribution in [0.1, 0.15) is 12.6 Å². The average molecular weight is 421 g/mol. The molecule has 146 valence electrons. The van der Waals surface area contributed by atoms with E-state index in [9.17, 15) is 19.5 Å². The number of carboxylic acid groups (broad SMARTS) is 1. The Kier molecular flexibility index (Phi) is 5.57. The summed E-state index contributed by atoms with van der Waals surface area (Å²) in [5.41, 5.74) is 5.76. The molecule has 2 unspecified atom stereocenters. The smallest absolute Gasteiger partial charge is 0.334 e. The van der Waals surface area contributed by atoms with Crippen LogP contribution in [0.2, 0.25) is 0 Å². The second-order valence-electron chi connectivity index (χ2n) is 5.74. The van der Waals surface area contributed by atoms with Crippen molar-refractivity contribution in [2.24, 2.45) is 5.16 Å². The van der Waals surface area contributed by atoms with Crippen molar-refractivity contribution < 1.29 is 24.3 Å². The van der Waals surface area contributed by atoms with Crippen LogP contribution >= 0.6 is 23.1 Å². The first-order valence-corrected chi connectivity index (χ1v) is 9.74. The van der Waals surface area contributed by atoms with E-state index in [4.69, 9.17) is 17.0 Å². The van der Waals surface area contributed by atoms with Crippen LogP contribution in [-0.2, 0) is 19.2 Å². The molecule has 12 heteroatoms. The first-order chi connectivity index (χ1) is 13.3. The molecule has 1 fully saturated rings. The van der Waals surface area contributed by atoms with E-state index in [1.807, 2.05) is 0 Å². The highest BCUT2D eigenvalue weighted by molar-refractivity contribution is 8.00. The minimum atomic E-state index is -1.08. The predicted molar refractivity (Wildman–Crippen MR) is 103 cm³/mol. The number of nitrogens with two attached hydrogens (primary N) is 1. The third-order valence-corrected chi connectivity index (χ3v) is 6.07. The van der Waals surface area contributed by atoms with E-state index in [0.29, 0.717) is 0 Å². The maximum atomic E-state index is 12.7. The van der Waals surface area contributed by atoms with Gasteiger partial charge in [-0.05, 0) is 6.92 Å². The molecule has 1 aromatic rings. The molecular formula is C16H15N5O5S2. The van der Waals surface area contributed by atoms with Crippen molar-refractivity contribution in [3.05, 3.63) is 22.8 Å². The molecule has 0 radical (unpaired) electrons. The molecule has 10 nitrogen and oxygen atoms in total. The summed E-state index contributed by atoms with van der Waals surface area (Å²) < 4.78 is 0. The van der Waals surface area contributed by atoms with Crippen molar-refractivity contribution in [1.82, 2.24) is 15.2 Å². The van der Waals surface area contributed by atoms with Gasteiger partial charge in [-0.25, -0.2) is 9.78 Å². The van der Waals surface area contributed by atoms with E-state index in [1.165, 1.54) is 28.2 Å². The number of anilines is 1. The highest BCUT2D eigenvalue weighted by Crippen LogP contribution is 2.40. The van der Waals surface area contributed by atoms with Crippen LogP contribution in [0.25, 0.3) is 0 Å². The summed E-state index contributed by atoms with van der Waals surface area (Å²) in [6.45, 7) is 1.58. The fourth-order valence-electron chi connectivity index (χ4n) is 2.61. The number of nitrogen functional groups attached to an aromatic ring is 1. The lowest BCUT2D eigenvalue weighted by Crippen LogP contribution is -2.69. The number of fused-ring (bicyclic) bond motifs is 1. The minimum absolute atomic E-state index is 0.127. The summed E-state index contributed by atoms with van der Waals surface area (Å²) in [6, 6.07) is -0.833. The molecule has 0 spiro atoms. The Balaban J connectivity index is 1.76. The Labute approximate surface area is 167 Å². The van der Waals surface area contributed by atoms with Crippen LogP contribution in [0.4, 0.5) is 5.13 Å². The molecule has 2 aliphatic rings. The van der Waals surface area contributed by atoms with Gasteiger partial charge in [0.15, 0.2) is 17.5 Å². The molecule has 28 heavy (non-hydrogen) atoms. The third-order valence-electron chi connectivity index (χ3n) is 3.96. The molecule has 1 aromatic heterocycles. The summed E-state index contributed by atoms with van der Waals surface area (Å²) >= 11 is 2.39. The number of terminal acetylenes is 1. The van der Waals surface area contributed by atoms with E-state index in [-0.39, 0.29) is 34.0 Å². The fraction of sp³-hybridized carbons (Fsp3) is 0.312. The SMILES string of the molecule is C#CCON=C(C(=O)NC1C(=O)N2C=C(C(=O)O)C(C)S[C@H]12)c1csc(N)n1. The molecule has 3 rings (SSSR count). The molecule has 3 heterocycles. The van der Waals surface area contributed by atoms with Crippen LogP contribution in [0.5, 0.6) is 0 Å². The highest BCUT2D eigenvalue weighted by atomic mass is 32.2. The number of thioether (sulfide) groups is 1. The zero-order valence-corrected chi connectivity index (χ0v) is 16.1. The van der Waals surface area contributed by atoms with Gasteiger partial charge in [-0.15, -0.1) is 29.5 Å². The van der Waals surface area contributed by atoms with Gasteiger partial charge in [-0.3, -0.25) is 9.59 Å². The lowest BCUT2D eigenvalue weighted by Gasteiger charge is -2.48. The van der Waals surface area contributed by atoms with Crippen LogP contribution in [0.3, 0.4) is 0 Å². The molecule has 0 aliphatic carbocycles. The van der Waals surface area contributed by atoms with Gasteiger partial charge in [0.05, 0.1) is 5.57 Å². The van der Waals surface area contributed by atoms with Crippen molar-refractivity contribution in [3.8, 4) is 12.3 Å². The number of β-lactam (4-membered cyclic amide) rings is 1. The number of aromatic nitrogens is 1. The molecule has 1 saturated heterocycles. The second-order valence-corrected chi connectivity index (χ2v) is 8.10. The second kappa shape index (κ2) is 7.91. The summed E-state index contributed by atoms with van der Waals surface area (Å²) in [5.74, 6) is 0.0413. The number of rotatable bonds is 6. The number of carbonyl (C=O) groups is 3. The van der Waals surface area contributed by atoms with Crippen molar-refractivity contribution in [2.75, 3.05) is 12.3 Å². The molecule has 4 N–H and O–H groups in total. The van der Waals surface area contributed by atoms with E-state index in [2.05, 4.69) is 21.4 Å². The average Bonchev–Trinajstić information content (AvgIpc) is 3.08. The van der Waals surface area contributed by atoms with Gasteiger partial charge >= 0.3 is 5.97 Å². The molecule has 0 bridgehead atoms. The van der Waals surface area contributed by atoms with Crippen molar-refractivity contribution >= 4 is 51.7 Å². The highest BCUT2D eigenvalue weighted by Gasteiger charge is 2.51. The Morgan fingerprint density at radius 1 is 1.57 bits per heavy atom. The van der Waals surface area contributed by atoms with Crippen LogP contribution < -0.4 is 11.1 Å². The number of hydrogen-bond acceptors (Lipinski definition) is 9. The van der Waals surface area contributed by atoms with Crippen LogP contribution in [0.15, 0.2) is 22.3 Å². The number of thiazole rings is 1. The Morgan fingerprint density at radius 2 is 2.32 bits per heavy atom. The Hall–Kier alpha value is -3.04.